The molecule has 0 bridgehead atoms. The summed E-state index contributed by atoms with van der Waals surface area (Å²) in [4.78, 5) is 0. The Labute approximate surface area is 109 Å². The van der Waals surface area contributed by atoms with Gasteiger partial charge in [0.15, 0.2) is 0 Å². The van der Waals surface area contributed by atoms with Crippen molar-refractivity contribution in [2.24, 2.45) is 5.41 Å². The lowest BCUT2D eigenvalue weighted by atomic mass is 9.82. The molecular formula is C11H24N2O2S2. The zero-order valence-corrected chi connectivity index (χ0v) is 12.6. The van der Waals surface area contributed by atoms with Crippen molar-refractivity contribution in [1.82, 2.24) is 10.0 Å². The van der Waals surface area contributed by atoms with Gasteiger partial charge in [-0.1, -0.05) is 13.8 Å². The molecule has 0 aromatic heterocycles. The summed E-state index contributed by atoms with van der Waals surface area (Å²) < 4.78 is 24.2. The van der Waals surface area contributed by atoms with Crippen molar-refractivity contribution in [3.05, 3.63) is 0 Å². The van der Waals surface area contributed by atoms with Gasteiger partial charge in [0, 0.05) is 18.3 Å². The number of sulfonamides is 1. The predicted octanol–water partition coefficient (Wildman–Crippen LogP) is 1.05. The molecule has 1 fully saturated rings. The molecule has 4 nitrogen and oxygen atoms in total. The maximum absolute atomic E-state index is 10.9. The van der Waals surface area contributed by atoms with Crippen LogP contribution >= 0.6 is 11.8 Å². The van der Waals surface area contributed by atoms with Gasteiger partial charge in [0.25, 0.3) is 0 Å². The highest BCUT2D eigenvalue weighted by molar-refractivity contribution is 7.99. The van der Waals surface area contributed by atoms with Gasteiger partial charge in [0.1, 0.15) is 0 Å². The maximum Gasteiger partial charge on any atom is 0.208 e. The van der Waals surface area contributed by atoms with Crippen molar-refractivity contribution in [2.75, 3.05) is 30.9 Å². The first-order valence-electron chi connectivity index (χ1n) is 6.07. The van der Waals surface area contributed by atoms with Gasteiger partial charge in [-0.2, -0.15) is 11.8 Å². The third-order valence-electron chi connectivity index (χ3n) is 3.23. The summed E-state index contributed by atoms with van der Waals surface area (Å²) in [5, 5.41) is 3.54. The van der Waals surface area contributed by atoms with Gasteiger partial charge < -0.3 is 5.32 Å². The van der Waals surface area contributed by atoms with Crippen LogP contribution in [0.15, 0.2) is 0 Å². The molecule has 6 heteroatoms. The van der Waals surface area contributed by atoms with Gasteiger partial charge in [-0.15, -0.1) is 0 Å². The Hall–Kier alpha value is 0.220. The summed E-state index contributed by atoms with van der Waals surface area (Å²) in [6.07, 6.45) is 3.28. The molecule has 1 saturated heterocycles. The Morgan fingerprint density at radius 1 is 1.35 bits per heavy atom. The number of hydrogen-bond acceptors (Lipinski definition) is 4. The number of rotatable bonds is 6. The van der Waals surface area contributed by atoms with Crippen LogP contribution in [0.2, 0.25) is 0 Å². The lowest BCUT2D eigenvalue weighted by Gasteiger charge is -2.39. The largest absolute Gasteiger partial charge is 0.313 e. The van der Waals surface area contributed by atoms with E-state index in [-0.39, 0.29) is 0 Å². The maximum atomic E-state index is 10.9. The van der Waals surface area contributed by atoms with E-state index in [0.29, 0.717) is 18.0 Å². The Morgan fingerprint density at radius 2 is 2.06 bits per heavy atom. The fourth-order valence-corrected chi connectivity index (χ4v) is 4.05. The molecule has 2 N–H and O–H groups in total. The molecule has 0 aliphatic carbocycles. The molecule has 0 saturated carbocycles. The van der Waals surface area contributed by atoms with Crippen LogP contribution in [-0.4, -0.2) is 45.3 Å². The van der Waals surface area contributed by atoms with Gasteiger partial charge >= 0.3 is 0 Å². The lowest BCUT2D eigenvalue weighted by Crippen LogP contribution is -2.47. The summed E-state index contributed by atoms with van der Waals surface area (Å²) in [6, 6.07) is 0.541. The zero-order valence-electron chi connectivity index (χ0n) is 11.0. The molecule has 1 atom stereocenters. The zero-order chi connectivity index (χ0) is 12.9. The predicted molar refractivity (Wildman–Crippen MR) is 75.0 cm³/mol. The number of hydrogen-bond donors (Lipinski definition) is 2. The van der Waals surface area contributed by atoms with Crippen LogP contribution in [0.25, 0.3) is 0 Å². The molecule has 0 radical (unpaired) electrons. The summed E-state index contributed by atoms with van der Waals surface area (Å²) in [5.41, 5.74) is 0.357. The Morgan fingerprint density at radius 3 is 2.65 bits per heavy atom. The van der Waals surface area contributed by atoms with Crippen molar-refractivity contribution in [3.8, 4) is 0 Å². The molecular weight excluding hydrogens is 256 g/mol. The van der Waals surface area contributed by atoms with Gasteiger partial charge in [0.05, 0.1) is 6.26 Å². The molecule has 17 heavy (non-hydrogen) atoms. The molecule has 0 aromatic rings. The van der Waals surface area contributed by atoms with E-state index in [4.69, 9.17) is 0 Å². The topological polar surface area (TPSA) is 58.2 Å². The highest BCUT2D eigenvalue weighted by Crippen LogP contribution is 2.33. The van der Waals surface area contributed by atoms with Crippen LogP contribution < -0.4 is 10.0 Å². The third kappa shape index (κ3) is 6.08. The van der Waals surface area contributed by atoms with Crippen molar-refractivity contribution in [3.63, 3.8) is 0 Å². The smallest absolute Gasteiger partial charge is 0.208 e. The van der Waals surface area contributed by atoms with Crippen LogP contribution in [0, 0.1) is 5.41 Å². The average Bonchev–Trinajstić information content (AvgIpc) is 2.17. The molecule has 1 unspecified atom stereocenters. The third-order valence-corrected chi connectivity index (χ3v) is 5.02. The molecule has 1 aliphatic rings. The van der Waals surface area contributed by atoms with Crippen LogP contribution in [-0.2, 0) is 10.0 Å². The van der Waals surface area contributed by atoms with E-state index in [1.165, 1.54) is 18.4 Å². The number of nitrogens with one attached hydrogen (secondary N) is 2. The standard InChI is InChI=1S/C11H24N2O2S2/c1-11(2)5-8-16-9-10(11)12-6-4-7-13-17(3,14)15/h10,12-13H,4-9H2,1-3H3. The quantitative estimate of drug-likeness (QED) is 0.714. The van der Waals surface area contributed by atoms with Crippen LogP contribution in [0.5, 0.6) is 0 Å². The molecule has 0 aromatic carbocycles. The van der Waals surface area contributed by atoms with Crippen molar-refractivity contribution in [2.45, 2.75) is 32.7 Å². The molecule has 102 valence electrons. The van der Waals surface area contributed by atoms with Crippen molar-refractivity contribution in [1.29, 1.82) is 0 Å². The van der Waals surface area contributed by atoms with Gasteiger partial charge in [-0.3, -0.25) is 0 Å². The van der Waals surface area contributed by atoms with E-state index >= 15 is 0 Å². The first kappa shape index (κ1) is 15.3. The molecule has 1 aliphatic heterocycles. The monoisotopic (exact) mass is 280 g/mol. The van der Waals surface area contributed by atoms with E-state index in [1.807, 2.05) is 11.8 Å². The Kier molecular flexibility index (Phi) is 5.76. The van der Waals surface area contributed by atoms with Crippen LogP contribution in [0.1, 0.15) is 26.7 Å². The van der Waals surface area contributed by atoms with E-state index < -0.39 is 10.0 Å². The highest BCUT2D eigenvalue weighted by atomic mass is 32.2. The van der Waals surface area contributed by atoms with Gasteiger partial charge in [-0.05, 0) is 30.6 Å². The van der Waals surface area contributed by atoms with Gasteiger partial charge in [0.2, 0.25) is 10.0 Å². The fourth-order valence-electron chi connectivity index (χ4n) is 1.89. The van der Waals surface area contributed by atoms with E-state index in [0.717, 1.165) is 18.7 Å². The summed E-state index contributed by atoms with van der Waals surface area (Å²) >= 11 is 2.00. The van der Waals surface area contributed by atoms with Gasteiger partial charge in [-0.25, -0.2) is 13.1 Å². The average molecular weight is 280 g/mol. The van der Waals surface area contributed by atoms with E-state index in [1.54, 1.807) is 0 Å². The molecule has 1 rings (SSSR count). The SMILES string of the molecule is CC1(C)CCSCC1NCCCNS(C)(=O)=O. The van der Waals surface area contributed by atoms with Crippen molar-refractivity contribution < 1.29 is 8.42 Å². The summed E-state index contributed by atoms with van der Waals surface area (Å²) in [6.45, 7) is 6.00. The minimum absolute atomic E-state index is 0.357. The first-order chi connectivity index (χ1) is 7.81. The second-order valence-corrected chi connectivity index (χ2v) is 8.32. The number of thioether (sulfide) groups is 1. The minimum Gasteiger partial charge on any atom is -0.313 e. The molecule has 0 amide bonds. The molecule has 1 heterocycles. The second kappa shape index (κ2) is 6.41. The van der Waals surface area contributed by atoms with E-state index in [2.05, 4.69) is 23.9 Å². The molecule has 0 spiro atoms. The van der Waals surface area contributed by atoms with Crippen LogP contribution in [0.4, 0.5) is 0 Å². The Bertz CT molecular complexity index is 328. The normalized spacial score (nSPS) is 24.8. The van der Waals surface area contributed by atoms with E-state index in [9.17, 15) is 8.42 Å². The highest BCUT2D eigenvalue weighted by Gasteiger charge is 2.31. The lowest BCUT2D eigenvalue weighted by molar-refractivity contribution is 0.246. The fraction of sp³-hybridized carbons (Fsp3) is 1.00. The second-order valence-electron chi connectivity index (χ2n) is 5.34. The minimum atomic E-state index is -3.03. The van der Waals surface area contributed by atoms with Crippen LogP contribution in [0.3, 0.4) is 0 Å². The van der Waals surface area contributed by atoms with Crippen molar-refractivity contribution >= 4 is 21.8 Å². The summed E-state index contributed by atoms with van der Waals surface area (Å²) in [5.74, 6) is 2.41. The Balaban J connectivity index is 2.18. The summed E-state index contributed by atoms with van der Waals surface area (Å²) in [7, 11) is -3.03. The first-order valence-corrected chi connectivity index (χ1v) is 9.12.